The first-order valence-corrected chi connectivity index (χ1v) is 5.09. The van der Waals surface area contributed by atoms with Crippen LogP contribution in [-0.4, -0.2) is 46.3 Å². The Bertz CT molecular complexity index is 381. The third kappa shape index (κ3) is 2.00. The average molecular weight is 222 g/mol. The minimum absolute atomic E-state index is 0.171. The van der Waals surface area contributed by atoms with Crippen molar-refractivity contribution in [1.29, 1.82) is 0 Å². The van der Waals surface area contributed by atoms with E-state index in [-0.39, 0.29) is 19.0 Å². The van der Waals surface area contributed by atoms with E-state index in [4.69, 9.17) is 5.73 Å². The minimum atomic E-state index is -0.849. The molecule has 1 aliphatic heterocycles. The molecule has 1 fully saturated rings. The summed E-state index contributed by atoms with van der Waals surface area (Å²) in [4.78, 5) is 13.3. The Kier molecular flexibility index (Phi) is 2.80. The van der Waals surface area contributed by atoms with Gasteiger partial charge >= 0.3 is 0 Å². The van der Waals surface area contributed by atoms with E-state index in [1.54, 1.807) is 24.3 Å². The van der Waals surface area contributed by atoms with Crippen LogP contribution in [0.5, 0.6) is 0 Å². The number of β-amino-alcohol motifs (C(OH)–C–C–N with tert-alkyl or cyclic N) is 2. The van der Waals surface area contributed by atoms with Crippen LogP contribution in [0.25, 0.3) is 0 Å². The number of amides is 1. The van der Waals surface area contributed by atoms with Crippen LogP contribution in [0.4, 0.5) is 5.69 Å². The number of carbonyl (C=O) groups excluding carboxylic acids is 1. The van der Waals surface area contributed by atoms with Gasteiger partial charge < -0.3 is 20.8 Å². The number of nitrogens with two attached hydrogens (primary N) is 1. The molecule has 86 valence electrons. The summed E-state index contributed by atoms with van der Waals surface area (Å²) >= 11 is 0. The monoisotopic (exact) mass is 222 g/mol. The maximum atomic E-state index is 11.9. The molecule has 2 atom stereocenters. The van der Waals surface area contributed by atoms with E-state index in [0.29, 0.717) is 11.3 Å². The van der Waals surface area contributed by atoms with Gasteiger partial charge in [-0.25, -0.2) is 0 Å². The zero-order valence-electron chi connectivity index (χ0n) is 8.71. The number of nitrogens with zero attached hydrogens (tertiary/aromatic N) is 1. The van der Waals surface area contributed by atoms with Gasteiger partial charge in [0.05, 0.1) is 12.2 Å². The standard InChI is InChI=1S/C11H14N2O3/c12-8-3-1-7(2-4-8)11(16)13-5-9(14)10(15)6-13/h1-4,9-10,14-15H,5-6,12H2. The number of benzene rings is 1. The van der Waals surface area contributed by atoms with E-state index < -0.39 is 12.2 Å². The van der Waals surface area contributed by atoms with E-state index in [1.165, 1.54) is 4.90 Å². The van der Waals surface area contributed by atoms with E-state index >= 15 is 0 Å². The van der Waals surface area contributed by atoms with Gasteiger partial charge in [-0.2, -0.15) is 0 Å². The molecule has 0 radical (unpaired) electrons. The lowest BCUT2D eigenvalue weighted by molar-refractivity contribution is 0.0572. The van der Waals surface area contributed by atoms with Crippen molar-refractivity contribution >= 4 is 11.6 Å². The number of rotatable bonds is 1. The summed E-state index contributed by atoms with van der Waals surface area (Å²) in [5, 5.41) is 18.7. The molecule has 1 heterocycles. The summed E-state index contributed by atoms with van der Waals surface area (Å²) in [5.41, 5.74) is 6.62. The second kappa shape index (κ2) is 4.11. The Labute approximate surface area is 93.1 Å². The SMILES string of the molecule is Nc1ccc(C(=O)N2CC(O)C(O)C2)cc1. The predicted molar refractivity (Wildman–Crippen MR) is 58.8 cm³/mol. The lowest BCUT2D eigenvalue weighted by Gasteiger charge is -2.15. The zero-order chi connectivity index (χ0) is 11.7. The van der Waals surface area contributed by atoms with Crippen molar-refractivity contribution in [3.05, 3.63) is 29.8 Å². The molecule has 16 heavy (non-hydrogen) atoms. The van der Waals surface area contributed by atoms with E-state index in [9.17, 15) is 15.0 Å². The topological polar surface area (TPSA) is 86.8 Å². The first-order valence-electron chi connectivity index (χ1n) is 5.09. The molecule has 5 nitrogen and oxygen atoms in total. The first-order chi connectivity index (χ1) is 7.58. The number of hydrogen-bond donors (Lipinski definition) is 3. The summed E-state index contributed by atoms with van der Waals surface area (Å²) < 4.78 is 0. The van der Waals surface area contributed by atoms with Crippen molar-refractivity contribution in [2.45, 2.75) is 12.2 Å². The van der Waals surface area contributed by atoms with Crippen molar-refractivity contribution in [1.82, 2.24) is 4.90 Å². The number of anilines is 1. The predicted octanol–water partition coefficient (Wildman–Crippen LogP) is -0.554. The van der Waals surface area contributed by atoms with Crippen LogP contribution < -0.4 is 5.73 Å². The Morgan fingerprint density at radius 1 is 1.19 bits per heavy atom. The number of aliphatic hydroxyl groups is 2. The molecule has 5 heteroatoms. The molecule has 0 spiro atoms. The fourth-order valence-corrected chi connectivity index (χ4v) is 1.74. The lowest BCUT2D eigenvalue weighted by Crippen LogP contribution is -2.29. The Morgan fingerprint density at radius 2 is 1.69 bits per heavy atom. The van der Waals surface area contributed by atoms with Crippen molar-refractivity contribution in [2.24, 2.45) is 0 Å². The average Bonchev–Trinajstić information content (AvgIpc) is 2.59. The molecule has 0 saturated carbocycles. The largest absolute Gasteiger partial charge is 0.399 e. The molecule has 1 aliphatic rings. The molecule has 2 rings (SSSR count). The molecular weight excluding hydrogens is 208 g/mol. The molecule has 1 saturated heterocycles. The maximum Gasteiger partial charge on any atom is 0.254 e. The highest BCUT2D eigenvalue weighted by Crippen LogP contribution is 2.15. The van der Waals surface area contributed by atoms with Gasteiger partial charge in [-0.05, 0) is 24.3 Å². The van der Waals surface area contributed by atoms with Gasteiger partial charge in [0.1, 0.15) is 0 Å². The van der Waals surface area contributed by atoms with Crippen molar-refractivity contribution < 1.29 is 15.0 Å². The fraction of sp³-hybridized carbons (Fsp3) is 0.364. The van der Waals surface area contributed by atoms with E-state index in [0.717, 1.165) is 0 Å². The van der Waals surface area contributed by atoms with Gasteiger partial charge in [0, 0.05) is 24.3 Å². The number of carbonyl (C=O) groups is 1. The summed E-state index contributed by atoms with van der Waals surface area (Å²) in [6.45, 7) is 0.342. The second-order valence-electron chi connectivity index (χ2n) is 3.97. The van der Waals surface area contributed by atoms with Crippen LogP contribution in [0.3, 0.4) is 0 Å². The summed E-state index contributed by atoms with van der Waals surface area (Å²) in [6.07, 6.45) is -1.70. The van der Waals surface area contributed by atoms with E-state index in [1.807, 2.05) is 0 Å². The highest BCUT2D eigenvalue weighted by molar-refractivity contribution is 5.94. The van der Waals surface area contributed by atoms with Crippen molar-refractivity contribution in [3.8, 4) is 0 Å². The molecule has 1 aromatic carbocycles. The van der Waals surface area contributed by atoms with Gasteiger partial charge in [0.25, 0.3) is 5.91 Å². The first kappa shape index (κ1) is 10.9. The van der Waals surface area contributed by atoms with Gasteiger partial charge in [0.2, 0.25) is 0 Å². The molecule has 1 amide bonds. The number of hydrogen-bond acceptors (Lipinski definition) is 4. The third-order valence-electron chi connectivity index (χ3n) is 2.70. The number of nitrogen functional groups attached to an aromatic ring is 1. The highest BCUT2D eigenvalue weighted by atomic mass is 16.3. The van der Waals surface area contributed by atoms with Gasteiger partial charge in [-0.1, -0.05) is 0 Å². The molecular formula is C11H14N2O3. The smallest absolute Gasteiger partial charge is 0.254 e. The Hall–Kier alpha value is -1.59. The lowest BCUT2D eigenvalue weighted by atomic mass is 10.2. The summed E-state index contributed by atoms with van der Waals surface area (Å²) in [5.74, 6) is -0.199. The quantitative estimate of drug-likeness (QED) is 0.556. The van der Waals surface area contributed by atoms with Crippen molar-refractivity contribution in [3.63, 3.8) is 0 Å². The molecule has 2 unspecified atom stereocenters. The van der Waals surface area contributed by atoms with E-state index in [2.05, 4.69) is 0 Å². The van der Waals surface area contributed by atoms with Crippen LogP contribution in [0.2, 0.25) is 0 Å². The molecule has 0 aliphatic carbocycles. The van der Waals surface area contributed by atoms with Crippen LogP contribution in [0.1, 0.15) is 10.4 Å². The van der Waals surface area contributed by atoms with Crippen LogP contribution in [0.15, 0.2) is 24.3 Å². The zero-order valence-corrected chi connectivity index (χ0v) is 8.71. The normalized spacial score (nSPS) is 24.8. The molecule has 4 N–H and O–H groups in total. The van der Waals surface area contributed by atoms with Gasteiger partial charge in [-0.3, -0.25) is 4.79 Å². The Balaban J connectivity index is 2.11. The Morgan fingerprint density at radius 3 is 2.19 bits per heavy atom. The van der Waals surface area contributed by atoms with Crippen LogP contribution in [-0.2, 0) is 0 Å². The molecule has 0 aromatic heterocycles. The van der Waals surface area contributed by atoms with Crippen LogP contribution >= 0.6 is 0 Å². The molecule has 1 aromatic rings. The molecule has 0 bridgehead atoms. The minimum Gasteiger partial charge on any atom is -0.399 e. The number of likely N-dealkylation sites (tertiary alicyclic amines) is 1. The van der Waals surface area contributed by atoms with Gasteiger partial charge in [0.15, 0.2) is 0 Å². The highest BCUT2D eigenvalue weighted by Gasteiger charge is 2.32. The maximum absolute atomic E-state index is 11.9. The second-order valence-corrected chi connectivity index (χ2v) is 3.97. The van der Waals surface area contributed by atoms with Gasteiger partial charge in [-0.15, -0.1) is 0 Å². The van der Waals surface area contributed by atoms with Crippen molar-refractivity contribution in [2.75, 3.05) is 18.8 Å². The fourth-order valence-electron chi connectivity index (χ4n) is 1.74. The number of aliphatic hydroxyl groups excluding tert-OH is 2. The van der Waals surface area contributed by atoms with Crippen LogP contribution in [0, 0.1) is 0 Å². The third-order valence-corrected chi connectivity index (χ3v) is 2.70. The summed E-state index contributed by atoms with van der Waals surface area (Å²) in [7, 11) is 0. The summed E-state index contributed by atoms with van der Waals surface area (Å²) in [6, 6.07) is 6.57.